The molecule has 0 spiro atoms. The highest BCUT2D eigenvalue weighted by Gasteiger charge is 2.35. The lowest BCUT2D eigenvalue weighted by Crippen LogP contribution is -2.43. The SMILES string of the molecule is COc1cc([N+](=O)[O-])c(S(=O)(=O)O)cc1N1N=CNN1c1cc(S(=O)(=O)O)c([N+](=O)[O-])cc1OC. The van der Waals surface area contributed by atoms with E-state index in [1.165, 1.54) is 0 Å². The molecule has 1 aliphatic heterocycles. The highest BCUT2D eigenvalue weighted by atomic mass is 32.2. The van der Waals surface area contributed by atoms with Crippen LogP contribution in [0.4, 0.5) is 22.7 Å². The van der Waals surface area contributed by atoms with E-state index in [0.717, 1.165) is 30.8 Å². The lowest BCUT2D eigenvalue weighted by atomic mass is 10.2. The van der Waals surface area contributed by atoms with E-state index in [2.05, 4.69) is 10.5 Å². The molecule has 3 N–H and O–H groups in total. The third-order valence-corrected chi connectivity index (χ3v) is 6.22. The summed E-state index contributed by atoms with van der Waals surface area (Å²) in [5.41, 5.74) is -0.132. The van der Waals surface area contributed by atoms with E-state index in [1.54, 1.807) is 0 Å². The van der Waals surface area contributed by atoms with Crippen molar-refractivity contribution in [3.63, 3.8) is 0 Å². The van der Waals surface area contributed by atoms with Gasteiger partial charge in [-0.25, -0.2) is 0 Å². The Labute approximate surface area is 195 Å². The number of nitro benzene ring substituents is 2. The maximum atomic E-state index is 11.8. The lowest BCUT2D eigenvalue weighted by molar-refractivity contribution is -0.388. The molecule has 1 aliphatic rings. The molecule has 0 amide bonds. The summed E-state index contributed by atoms with van der Waals surface area (Å²) < 4.78 is 76.3. The molecule has 0 radical (unpaired) electrons. The number of methoxy groups -OCH3 is 2. The summed E-state index contributed by atoms with van der Waals surface area (Å²) >= 11 is 0. The quantitative estimate of drug-likeness (QED) is 0.240. The molecule has 20 heteroatoms. The van der Waals surface area contributed by atoms with Gasteiger partial charge in [0, 0.05) is 0 Å². The Morgan fingerprint density at radius 3 is 1.69 bits per heavy atom. The monoisotopic (exact) mass is 534 g/mol. The number of ether oxygens (including phenoxy) is 2. The second-order valence-electron chi connectivity index (χ2n) is 6.42. The molecule has 35 heavy (non-hydrogen) atoms. The lowest BCUT2D eigenvalue weighted by Gasteiger charge is -2.30. The van der Waals surface area contributed by atoms with Crippen LogP contribution in [-0.2, 0) is 20.2 Å². The van der Waals surface area contributed by atoms with E-state index in [-0.39, 0.29) is 22.9 Å². The Bertz CT molecular complexity index is 1470. The summed E-state index contributed by atoms with van der Waals surface area (Å²) in [5, 5.41) is 28.2. The molecule has 0 unspecified atom stereocenters. The number of nitro groups is 2. The van der Waals surface area contributed by atoms with Gasteiger partial charge in [0.2, 0.25) is 0 Å². The normalized spacial score (nSPS) is 13.5. The van der Waals surface area contributed by atoms with Gasteiger partial charge in [0.15, 0.2) is 21.3 Å². The fourth-order valence-corrected chi connectivity index (χ4v) is 4.32. The summed E-state index contributed by atoms with van der Waals surface area (Å²) in [6.07, 6.45) is 1.00. The molecule has 18 nitrogen and oxygen atoms in total. The zero-order valence-electron chi connectivity index (χ0n) is 17.4. The van der Waals surface area contributed by atoms with Crippen LogP contribution in [0.5, 0.6) is 11.5 Å². The number of nitrogens with one attached hydrogen (secondary N) is 1. The third-order valence-electron chi connectivity index (χ3n) is 4.45. The van der Waals surface area contributed by atoms with Gasteiger partial charge in [-0.2, -0.15) is 22.0 Å². The van der Waals surface area contributed by atoms with Crippen molar-refractivity contribution in [1.82, 2.24) is 5.43 Å². The summed E-state index contributed by atoms with van der Waals surface area (Å²) in [6.45, 7) is 0. The molecule has 0 aromatic heterocycles. The molecule has 0 fully saturated rings. The summed E-state index contributed by atoms with van der Waals surface area (Å²) in [7, 11) is -8.04. The van der Waals surface area contributed by atoms with Crippen molar-refractivity contribution in [2.24, 2.45) is 5.10 Å². The first-order valence-corrected chi connectivity index (χ1v) is 11.6. The maximum Gasteiger partial charge on any atom is 0.301 e. The number of hydrogen-bond acceptors (Lipinski definition) is 14. The van der Waals surface area contributed by atoms with E-state index in [9.17, 15) is 46.2 Å². The van der Waals surface area contributed by atoms with Gasteiger partial charge in [-0.05, 0) is 12.1 Å². The molecule has 0 saturated carbocycles. The van der Waals surface area contributed by atoms with Crippen LogP contribution < -0.4 is 25.1 Å². The molecule has 0 aliphatic carbocycles. The Morgan fingerprint density at radius 1 is 0.857 bits per heavy atom. The number of hydrazine groups is 2. The summed E-state index contributed by atoms with van der Waals surface area (Å²) in [5.74, 6) is -0.617. The average Bonchev–Trinajstić information content (AvgIpc) is 3.25. The van der Waals surface area contributed by atoms with E-state index in [1.807, 2.05) is 0 Å². The molecular weight excluding hydrogens is 520 g/mol. The molecule has 2 aromatic carbocycles. The first-order chi connectivity index (χ1) is 16.2. The van der Waals surface area contributed by atoms with Crippen LogP contribution >= 0.6 is 0 Å². The Hall–Kier alpha value is -4.27. The predicted molar refractivity (Wildman–Crippen MR) is 116 cm³/mol. The van der Waals surface area contributed by atoms with Gasteiger partial charge >= 0.3 is 20.2 Å². The molecule has 0 bridgehead atoms. The van der Waals surface area contributed by atoms with Gasteiger partial charge < -0.3 is 9.47 Å². The second kappa shape index (κ2) is 8.83. The zero-order valence-corrected chi connectivity index (χ0v) is 19.0. The van der Waals surface area contributed by atoms with E-state index >= 15 is 0 Å². The van der Waals surface area contributed by atoms with Gasteiger partial charge in [0.1, 0.15) is 17.7 Å². The van der Waals surface area contributed by atoms with Crippen molar-refractivity contribution < 1.29 is 45.3 Å². The molecule has 188 valence electrons. The van der Waals surface area contributed by atoms with Crippen LogP contribution in [0.3, 0.4) is 0 Å². The molecule has 3 rings (SSSR count). The largest absolute Gasteiger partial charge is 0.494 e. The maximum absolute atomic E-state index is 11.8. The Morgan fingerprint density at radius 2 is 1.29 bits per heavy atom. The fraction of sp³-hybridized carbons (Fsp3) is 0.133. The number of rotatable bonds is 8. The van der Waals surface area contributed by atoms with Gasteiger partial charge in [0.05, 0.1) is 36.2 Å². The average molecular weight is 534 g/mol. The predicted octanol–water partition coefficient (Wildman–Crippen LogP) is 0.703. The van der Waals surface area contributed by atoms with Crippen LogP contribution in [-0.4, -0.2) is 56.3 Å². The number of anilines is 2. The molecular formula is C15H14N6O12S2. The zero-order chi connectivity index (χ0) is 26.3. The summed E-state index contributed by atoms with van der Waals surface area (Å²) in [6, 6.07) is 2.72. The van der Waals surface area contributed by atoms with Crippen molar-refractivity contribution in [1.29, 1.82) is 0 Å². The first kappa shape index (κ1) is 25.4. The van der Waals surface area contributed by atoms with Gasteiger partial charge in [0.25, 0.3) is 11.4 Å². The minimum Gasteiger partial charge on any atom is -0.494 e. The molecule has 1 heterocycles. The van der Waals surface area contributed by atoms with Crippen molar-refractivity contribution >= 4 is 49.3 Å². The number of nitrogens with zero attached hydrogens (tertiary/aromatic N) is 5. The molecule has 0 atom stereocenters. The third kappa shape index (κ3) is 4.70. The van der Waals surface area contributed by atoms with Crippen molar-refractivity contribution in [3.8, 4) is 11.5 Å². The number of benzene rings is 2. The van der Waals surface area contributed by atoms with Crippen LogP contribution in [0.25, 0.3) is 0 Å². The van der Waals surface area contributed by atoms with Gasteiger partial charge in [-0.15, -0.1) is 10.2 Å². The van der Waals surface area contributed by atoms with E-state index in [0.29, 0.717) is 24.3 Å². The Kier molecular flexibility index (Phi) is 6.39. The van der Waals surface area contributed by atoms with Crippen molar-refractivity contribution in [2.45, 2.75) is 9.79 Å². The van der Waals surface area contributed by atoms with Crippen LogP contribution in [0.15, 0.2) is 39.2 Å². The van der Waals surface area contributed by atoms with Crippen LogP contribution in [0.2, 0.25) is 0 Å². The second-order valence-corrected chi connectivity index (χ2v) is 9.20. The topological polar surface area (TPSA) is 244 Å². The standard InChI is InChI=1S/C15H14N6O12S2/c1-32-12-3-10(20(22)23)14(34(26,27)28)5-8(12)18-16-7-17-19(18)9-6-15(35(29,30)31)11(21(24)25)4-13(9)33-2/h3-7H,1-2H3,(H,16,17)(H,26,27,28)(H,29,30,31). The fourth-order valence-electron chi connectivity index (χ4n) is 3.01. The minimum atomic E-state index is -5.12. The van der Waals surface area contributed by atoms with E-state index < -0.39 is 51.2 Å². The van der Waals surface area contributed by atoms with Crippen molar-refractivity contribution in [2.75, 3.05) is 24.5 Å². The Balaban J connectivity index is 2.29. The first-order valence-electron chi connectivity index (χ1n) is 8.77. The molecule has 2 aromatic rings. The summed E-state index contributed by atoms with van der Waals surface area (Å²) in [4.78, 5) is 18.3. The number of hydrogen-bond donors (Lipinski definition) is 3. The van der Waals surface area contributed by atoms with Crippen molar-refractivity contribution in [3.05, 3.63) is 44.5 Å². The smallest absolute Gasteiger partial charge is 0.301 e. The van der Waals surface area contributed by atoms with Gasteiger partial charge in [-0.1, -0.05) is 0 Å². The minimum absolute atomic E-state index is 0.294. The van der Waals surface area contributed by atoms with Crippen LogP contribution in [0, 0.1) is 20.2 Å². The molecule has 0 saturated heterocycles. The number of hydrazone groups is 1. The highest BCUT2D eigenvalue weighted by molar-refractivity contribution is 7.86. The van der Waals surface area contributed by atoms with E-state index in [4.69, 9.17) is 9.47 Å². The highest BCUT2D eigenvalue weighted by Crippen LogP contribution is 2.42. The van der Waals surface area contributed by atoms with Gasteiger partial charge in [-0.3, -0.25) is 34.8 Å². The van der Waals surface area contributed by atoms with Crippen LogP contribution in [0.1, 0.15) is 0 Å².